The molecule has 3 atom stereocenters. The first kappa shape index (κ1) is 28.2. The number of aryl methyl sites for hydroxylation is 1. The van der Waals surface area contributed by atoms with Crippen LogP contribution in [0.3, 0.4) is 0 Å². The molecule has 0 spiro atoms. The molecule has 2 fully saturated rings. The molecule has 0 saturated carbocycles. The molecule has 2 aromatic heterocycles. The molecule has 7 rings (SSSR count). The number of piperidine rings is 1. The fourth-order valence-corrected chi connectivity index (χ4v) is 7.43. The number of nitrogens with zero attached hydrogens (tertiary/aromatic N) is 6. The van der Waals surface area contributed by atoms with Crippen LogP contribution in [-0.4, -0.2) is 64.7 Å². The van der Waals surface area contributed by atoms with E-state index >= 15 is 4.39 Å². The van der Waals surface area contributed by atoms with Gasteiger partial charge in [-0.1, -0.05) is 17.7 Å². The van der Waals surface area contributed by atoms with E-state index in [2.05, 4.69) is 34.4 Å². The number of rotatable bonds is 6. The number of nitriles is 1. The van der Waals surface area contributed by atoms with Gasteiger partial charge in [-0.05, 0) is 88.0 Å². The molecule has 4 aromatic rings. The monoisotopic (exact) mass is 599 g/mol. The number of nitrogens with one attached hydrogen (secondary N) is 1. The van der Waals surface area contributed by atoms with Gasteiger partial charge in [0.2, 0.25) is 5.88 Å². The summed E-state index contributed by atoms with van der Waals surface area (Å²) in [5.74, 6) is -0.0830. The Labute approximate surface area is 255 Å². The zero-order valence-corrected chi connectivity index (χ0v) is 25.5. The second-order valence-electron chi connectivity index (χ2n) is 12.2. The molecule has 0 bridgehead atoms. The summed E-state index contributed by atoms with van der Waals surface area (Å²) in [5.41, 5.74) is 6.11. The number of fused-ring (bicyclic) bond motifs is 4. The molecular formula is C33H35ClFN7O. The maximum Gasteiger partial charge on any atom is 0.225 e. The fraction of sp³-hybridized carbons (Fsp3) is 0.455. The molecule has 0 radical (unpaired) electrons. The first-order valence-corrected chi connectivity index (χ1v) is 15.5. The van der Waals surface area contributed by atoms with E-state index in [0.29, 0.717) is 41.4 Å². The third kappa shape index (κ3) is 4.76. The predicted octanol–water partition coefficient (Wildman–Crippen LogP) is 6.27. The maximum absolute atomic E-state index is 17.0. The first-order chi connectivity index (χ1) is 20.9. The van der Waals surface area contributed by atoms with Crippen LogP contribution in [0.15, 0.2) is 23.3 Å². The Hall–Kier alpha value is -3.58. The van der Waals surface area contributed by atoms with Crippen LogP contribution in [0, 0.1) is 31.0 Å². The number of ether oxygens (including phenoxy) is 1. The SMILES string of the molecule is Cc1cc2c(c(-c3c(Cl)cc4c(nc(OC[C@@H]5CCCN5C)c5cnn([C@H]6CCN[C@H](CC#N)C6)c54)c3F)c1C)C=NC2. The van der Waals surface area contributed by atoms with Gasteiger partial charge in [0.05, 0.1) is 47.2 Å². The van der Waals surface area contributed by atoms with Gasteiger partial charge in [0.25, 0.3) is 0 Å². The van der Waals surface area contributed by atoms with Crippen molar-refractivity contribution >= 4 is 39.6 Å². The number of hydrogen-bond donors (Lipinski definition) is 1. The van der Waals surface area contributed by atoms with Gasteiger partial charge in [-0.3, -0.25) is 9.67 Å². The number of benzene rings is 2. The van der Waals surface area contributed by atoms with E-state index in [1.54, 1.807) is 6.20 Å². The highest BCUT2D eigenvalue weighted by atomic mass is 35.5. The second-order valence-corrected chi connectivity index (χ2v) is 12.6. The Morgan fingerprint density at radius 3 is 2.86 bits per heavy atom. The topological polar surface area (TPSA) is 91.4 Å². The van der Waals surface area contributed by atoms with Crippen LogP contribution in [0.25, 0.3) is 32.9 Å². The van der Waals surface area contributed by atoms with Crippen LogP contribution < -0.4 is 10.1 Å². The zero-order valence-electron chi connectivity index (χ0n) is 24.8. The molecule has 0 unspecified atom stereocenters. The van der Waals surface area contributed by atoms with E-state index in [-0.39, 0.29) is 23.6 Å². The normalized spacial score (nSPS) is 22.0. The lowest BCUT2D eigenvalue weighted by Gasteiger charge is -2.30. The molecule has 2 aromatic carbocycles. The van der Waals surface area contributed by atoms with Crippen molar-refractivity contribution in [3.05, 3.63) is 51.4 Å². The quantitative estimate of drug-likeness (QED) is 0.281. The largest absolute Gasteiger partial charge is 0.475 e. The van der Waals surface area contributed by atoms with Crippen LogP contribution in [0.5, 0.6) is 5.88 Å². The number of halogens is 2. The van der Waals surface area contributed by atoms with Gasteiger partial charge < -0.3 is 15.0 Å². The number of pyridine rings is 1. The van der Waals surface area contributed by atoms with Gasteiger partial charge in [-0.25, -0.2) is 9.37 Å². The summed E-state index contributed by atoms with van der Waals surface area (Å²) in [6.45, 7) is 6.89. The molecule has 0 aliphatic carbocycles. The first-order valence-electron chi connectivity index (χ1n) is 15.1. The van der Waals surface area contributed by atoms with Gasteiger partial charge >= 0.3 is 0 Å². The molecule has 2 saturated heterocycles. The Kier molecular flexibility index (Phi) is 7.32. The molecule has 5 heterocycles. The van der Waals surface area contributed by atoms with E-state index in [9.17, 15) is 5.26 Å². The van der Waals surface area contributed by atoms with Gasteiger partial charge in [0.15, 0.2) is 5.82 Å². The minimum absolute atomic E-state index is 0.0385. The molecule has 10 heteroatoms. The Morgan fingerprint density at radius 2 is 2.07 bits per heavy atom. The summed E-state index contributed by atoms with van der Waals surface area (Å²) in [6, 6.07) is 6.64. The average molecular weight is 600 g/mol. The summed E-state index contributed by atoms with van der Waals surface area (Å²) in [6.07, 6.45) is 7.80. The van der Waals surface area contributed by atoms with Crippen LogP contribution >= 0.6 is 11.6 Å². The van der Waals surface area contributed by atoms with Crippen molar-refractivity contribution in [3.8, 4) is 23.1 Å². The van der Waals surface area contributed by atoms with Crippen LogP contribution in [0.4, 0.5) is 4.39 Å². The Morgan fingerprint density at radius 1 is 1.21 bits per heavy atom. The number of aromatic nitrogens is 3. The van der Waals surface area contributed by atoms with E-state index in [1.165, 1.54) is 0 Å². The minimum Gasteiger partial charge on any atom is -0.475 e. The highest BCUT2D eigenvalue weighted by Crippen LogP contribution is 2.44. The van der Waals surface area contributed by atoms with Crippen molar-refractivity contribution in [2.75, 3.05) is 26.7 Å². The summed E-state index contributed by atoms with van der Waals surface area (Å²) in [7, 11) is 2.11. The van der Waals surface area contributed by atoms with Crippen molar-refractivity contribution in [2.24, 2.45) is 4.99 Å². The van der Waals surface area contributed by atoms with Crippen molar-refractivity contribution in [2.45, 2.75) is 70.6 Å². The molecule has 222 valence electrons. The number of likely N-dealkylation sites (N-methyl/N-ethyl adjacent to an activating group) is 1. The predicted molar refractivity (Wildman–Crippen MR) is 168 cm³/mol. The van der Waals surface area contributed by atoms with Gasteiger partial charge in [0, 0.05) is 34.8 Å². The zero-order chi connectivity index (χ0) is 29.8. The maximum atomic E-state index is 17.0. The van der Waals surface area contributed by atoms with E-state index in [1.807, 2.05) is 30.8 Å². The highest BCUT2D eigenvalue weighted by Gasteiger charge is 2.30. The van der Waals surface area contributed by atoms with Gasteiger partial charge in [-0.2, -0.15) is 10.4 Å². The summed E-state index contributed by atoms with van der Waals surface area (Å²) < 4.78 is 25.4. The van der Waals surface area contributed by atoms with Crippen LogP contribution in [0.2, 0.25) is 5.02 Å². The smallest absolute Gasteiger partial charge is 0.225 e. The molecule has 3 aliphatic rings. The second kappa shape index (κ2) is 11.2. The summed E-state index contributed by atoms with van der Waals surface area (Å²) in [5, 5.41) is 19.3. The third-order valence-corrected chi connectivity index (χ3v) is 9.92. The Bertz CT molecular complexity index is 1830. The third-order valence-electron chi connectivity index (χ3n) is 9.63. The average Bonchev–Trinajstić information content (AvgIpc) is 3.74. The Balaban J connectivity index is 1.44. The lowest BCUT2D eigenvalue weighted by Crippen LogP contribution is -2.38. The number of likely N-dealkylation sites (tertiary alicyclic amines) is 1. The molecule has 0 amide bonds. The highest BCUT2D eigenvalue weighted by molar-refractivity contribution is 6.35. The van der Waals surface area contributed by atoms with E-state index < -0.39 is 5.82 Å². The van der Waals surface area contributed by atoms with Gasteiger partial charge in [-0.15, -0.1) is 0 Å². The lowest BCUT2D eigenvalue weighted by molar-refractivity contribution is 0.195. The fourth-order valence-electron chi connectivity index (χ4n) is 7.14. The van der Waals surface area contributed by atoms with Crippen molar-refractivity contribution < 1.29 is 9.13 Å². The molecular weight excluding hydrogens is 565 g/mol. The van der Waals surface area contributed by atoms with Crippen molar-refractivity contribution in [1.82, 2.24) is 25.0 Å². The molecule has 1 N–H and O–H groups in total. The minimum atomic E-state index is -0.469. The summed E-state index contributed by atoms with van der Waals surface area (Å²) >= 11 is 7.02. The van der Waals surface area contributed by atoms with Crippen molar-refractivity contribution in [1.29, 1.82) is 5.26 Å². The van der Waals surface area contributed by atoms with E-state index in [0.717, 1.165) is 77.5 Å². The number of hydrogen-bond acceptors (Lipinski definition) is 7. The number of aliphatic imine (C=N–C) groups is 1. The molecule has 43 heavy (non-hydrogen) atoms. The standard InChI is InChI=1S/C33H35ClFN7O/c1-18-11-20-14-37-15-25(20)28(19(18)2)29-27(34)13-24-31(30(29)35)40-33(43-17-23-5-4-10-41(23)3)26-16-39-42(32(24)26)22-7-9-38-21(12-22)6-8-36/h11,13,15-16,21-23,38H,4-7,9-10,12,14,17H2,1-3H3/t21-,22+,23+/m1/s1. The van der Waals surface area contributed by atoms with Crippen molar-refractivity contribution in [3.63, 3.8) is 0 Å². The van der Waals surface area contributed by atoms with Crippen LogP contribution in [0.1, 0.15) is 60.4 Å². The summed E-state index contributed by atoms with van der Waals surface area (Å²) in [4.78, 5) is 11.6. The lowest BCUT2D eigenvalue weighted by atomic mass is 9.88. The molecule has 8 nitrogen and oxygen atoms in total. The molecule has 3 aliphatic heterocycles. The van der Waals surface area contributed by atoms with Gasteiger partial charge in [0.1, 0.15) is 12.1 Å². The van der Waals surface area contributed by atoms with Crippen LogP contribution in [-0.2, 0) is 6.54 Å². The van der Waals surface area contributed by atoms with E-state index in [4.69, 9.17) is 26.4 Å².